The smallest absolute Gasteiger partial charge is 0.343 e. The van der Waals surface area contributed by atoms with Crippen molar-refractivity contribution in [3.05, 3.63) is 52.2 Å². The Labute approximate surface area is 162 Å². The number of carbonyl (C=O) groups is 1. The van der Waals surface area contributed by atoms with Crippen molar-refractivity contribution in [3.63, 3.8) is 0 Å². The second-order valence-electron chi connectivity index (χ2n) is 6.03. The van der Waals surface area contributed by atoms with Gasteiger partial charge in [-0.05, 0) is 37.1 Å². The minimum absolute atomic E-state index is 0.0203. The molecule has 146 valence electrons. The van der Waals surface area contributed by atoms with E-state index in [4.69, 9.17) is 9.47 Å². The van der Waals surface area contributed by atoms with Gasteiger partial charge in [-0.15, -0.1) is 12.6 Å². The van der Waals surface area contributed by atoms with Gasteiger partial charge >= 0.3 is 5.97 Å². The summed E-state index contributed by atoms with van der Waals surface area (Å²) in [6.45, 7) is 1.58. The Bertz CT molecular complexity index is 797. The zero-order valence-corrected chi connectivity index (χ0v) is 15.8. The molecule has 0 unspecified atom stereocenters. The standard InChI is InChI=1S/C19H22O7S/c1-10-6-13(27)9-16(22)18(23)14(20)5-3-4-11-7-12(25-2)8-15(21)17(11)19(24)26-10/h3-4,6-10,14,18,20-23,27H,5H2,1-2H3/b4-3+,13-6+,16-9-/t10-,14-,18-/m0/s1. The molecule has 1 aliphatic rings. The molecule has 0 saturated carbocycles. The number of ether oxygens (including phenoxy) is 2. The van der Waals surface area contributed by atoms with Gasteiger partial charge in [0, 0.05) is 11.0 Å². The van der Waals surface area contributed by atoms with Crippen LogP contribution in [0.5, 0.6) is 11.5 Å². The molecular formula is C19H22O7S. The van der Waals surface area contributed by atoms with Crippen molar-refractivity contribution in [2.45, 2.75) is 31.7 Å². The summed E-state index contributed by atoms with van der Waals surface area (Å²) in [5.74, 6) is -1.21. The Hall–Kier alpha value is -2.42. The number of fused-ring (bicyclic) bond motifs is 1. The first-order valence-corrected chi connectivity index (χ1v) is 8.63. The number of thiol groups is 1. The Balaban J connectivity index is 2.53. The fourth-order valence-electron chi connectivity index (χ4n) is 2.54. The maximum Gasteiger partial charge on any atom is 0.343 e. The van der Waals surface area contributed by atoms with Gasteiger partial charge in [0.15, 0.2) is 0 Å². The monoisotopic (exact) mass is 394 g/mol. The second-order valence-corrected chi connectivity index (χ2v) is 6.55. The van der Waals surface area contributed by atoms with E-state index in [1.807, 2.05) is 0 Å². The maximum absolute atomic E-state index is 12.5. The fourth-order valence-corrected chi connectivity index (χ4v) is 2.88. The summed E-state index contributed by atoms with van der Waals surface area (Å²) in [5.41, 5.74) is 0.260. The van der Waals surface area contributed by atoms with Gasteiger partial charge < -0.3 is 29.9 Å². The van der Waals surface area contributed by atoms with Crippen LogP contribution < -0.4 is 4.74 Å². The lowest BCUT2D eigenvalue weighted by Crippen LogP contribution is -2.27. The minimum Gasteiger partial charge on any atom is -0.509 e. The number of methoxy groups -OCH3 is 1. The summed E-state index contributed by atoms with van der Waals surface area (Å²) in [6.07, 6.45) is 2.03. The van der Waals surface area contributed by atoms with E-state index >= 15 is 0 Å². The Morgan fingerprint density at radius 1 is 1.26 bits per heavy atom. The molecule has 0 bridgehead atoms. The molecule has 1 aromatic carbocycles. The lowest BCUT2D eigenvalue weighted by atomic mass is 10.0. The molecule has 3 atom stereocenters. The molecule has 4 N–H and O–H groups in total. The molecule has 27 heavy (non-hydrogen) atoms. The third-order valence-electron chi connectivity index (χ3n) is 3.90. The van der Waals surface area contributed by atoms with E-state index in [9.17, 15) is 25.2 Å². The van der Waals surface area contributed by atoms with Gasteiger partial charge in [0.1, 0.15) is 35.0 Å². The van der Waals surface area contributed by atoms with Crippen molar-refractivity contribution in [2.24, 2.45) is 0 Å². The largest absolute Gasteiger partial charge is 0.509 e. The summed E-state index contributed by atoms with van der Waals surface area (Å²) in [4.78, 5) is 12.8. The number of benzene rings is 1. The van der Waals surface area contributed by atoms with Crippen molar-refractivity contribution in [3.8, 4) is 11.5 Å². The molecule has 0 fully saturated rings. The number of allylic oxidation sites excluding steroid dienone is 1. The number of phenols is 1. The van der Waals surface area contributed by atoms with E-state index in [0.717, 1.165) is 6.08 Å². The van der Waals surface area contributed by atoms with Gasteiger partial charge in [0.25, 0.3) is 0 Å². The first kappa shape index (κ1) is 20.9. The van der Waals surface area contributed by atoms with Crippen molar-refractivity contribution >= 4 is 24.7 Å². The number of phenolic OH excluding ortho intramolecular Hbond substituents is 1. The van der Waals surface area contributed by atoms with E-state index in [1.165, 1.54) is 37.5 Å². The third kappa shape index (κ3) is 5.29. The lowest BCUT2D eigenvalue weighted by Gasteiger charge is -2.17. The third-order valence-corrected chi connectivity index (χ3v) is 4.18. The van der Waals surface area contributed by atoms with Crippen LogP contribution in [-0.2, 0) is 4.74 Å². The molecule has 2 rings (SSSR count). The molecule has 0 saturated heterocycles. The van der Waals surface area contributed by atoms with Crippen LogP contribution >= 0.6 is 12.6 Å². The van der Waals surface area contributed by atoms with Gasteiger partial charge in [0.05, 0.1) is 13.2 Å². The van der Waals surface area contributed by atoms with Gasteiger partial charge in [-0.1, -0.05) is 12.2 Å². The average Bonchev–Trinajstić information content (AvgIpc) is 2.58. The molecular weight excluding hydrogens is 372 g/mol. The number of aliphatic hydroxyl groups is 3. The van der Waals surface area contributed by atoms with Crippen molar-refractivity contribution in [1.29, 1.82) is 0 Å². The predicted molar refractivity (Wildman–Crippen MR) is 103 cm³/mol. The number of rotatable bonds is 1. The molecule has 1 heterocycles. The first-order chi connectivity index (χ1) is 12.7. The highest BCUT2D eigenvalue weighted by atomic mass is 32.1. The molecule has 0 radical (unpaired) electrons. The number of aromatic hydroxyl groups is 1. The van der Waals surface area contributed by atoms with Crippen molar-refractivity contribution in [2.75, 3.05) is 7.11 Å². The van der Waals surface area contributed by atoms with Gasteiger partial charge in [-0.2, -0.15) is 0 Å². The molecule has 0 aliphatic carbocycles. The highest BCUT2D eigenvalue weighted by Gasteiger charge is 2.22. The van der Waals surface area contributed by atoms with E-state index < -0.39 is 30.0 Å². The normalized spacial score (nSPS) is 29.2. The quantitative estimate of drug-likeness (QED) is 0.367. The zero-order chi connectivity index (χ0) is 20.1. The second kappa shape index (κ2) is 8.98. The first-order valence-electron chi connectivity index (χ1n) is 8.19. The fraction of sp³-hybridized carbons (Fsp3) is 0.316. The van der Waals surface area contributed by atoms with Crippen LogP contribution in [0.2, 0.25) is 0 Å². The van der Waals surface area contributed by atoms with Crippen LogP contribution in [0.25, 0.3) is 6.08 Å². The molecule has 7 nitrogen and oxygen atoms in total. The summed E-state index contributed by atoms with van der Waals surface area (Å²) in [6, 6.07) is 2.82. The summed E-state index contributed by atoms with van der Waals surface area (Å²) < 4.78 is 10.4. The summed E-state index contributed by atoms with van der Waals surface area (Å²) in [7, 11) is 1.42. The summed E-state index contributed by atoms with van der Waals surface area (Å²) in [5, 5.41) is 40.2. The highest BCUT2D eigenvalue weighted by molar-refractivity contribution is 7.84. The van der Waals surface area contributed by atoms with E-state index in [0.29, 0.717) is 11.3 Å². The molecule has 1 aliphatic heterocycles. The van der Waals surface area contributed by atoms with Crippen LogP contribution in [0.4, 0.5) is 0 Å². The predicted octanol–water partition coefficient (Wildman–Crippen LogP) is 2.34. The van der Waals surface area contributed by atoms with Crippen molar-refractivity contribution in [1.82, 2.24) is 0 Å². The SMILES string of the molecule is COc1cc(O)c2c(c1)/C=C/C[C@H](O)[C@H](O)/C(O)=C/C(S)=C\[C@H](C)OC2=O. The Kier molecular flexibility index (Phi) is 6.95. The molecule has 8 heteroatoms. The molecule has 0 aromatic heterocycles. The summed E-state index contributed by atoms with van der Waals surface area (Å²) >= 11 is 4.15. The van der Waals surface area contributed by atoms with Crippen LogP contribution in [0.1, 0.15) is 29.3 Å². The average molecular weight is 394 g/mol. The minimum atomic E-state index is -1.51. The van der Waals surface area contributed by atoms with Crippen LogP contribution in [0.3, 0.4) is 0 Å². The molecule has 0 spiro atoms. The number of hydrogen-bond acceptors (Lipinski definition) is 8. The van der Waals surface area contributed by atoms with E-state index in [-0.39, 0.29) is 22.6 Å². The number of aliphatic hydroxyl groups excluding tert-OH is 3. The van der Waals surface area contributed by atoms with Crippen LogP contribution in [-0.4, -0.2) is 51.8 Å². The van der Waals surface area contributed by atoms with Crippen LogP contribution in [0, 0.1) is 0 Å². The Morgan fingerprint density at radius 2 is 1.96 bits per heavy atom. The Morgan fingerprint density at radius 3 is 2.63 bits per heavy atom. The van der Waals surface area contributed by atoms with Gasteiger partial charge in [-0.3, -0.25) is 0 Å². The van der Waals surface area contributed by atoms with E-state index in [2.05, 4.69) is 12.6 Å². The molecule has 1 aromatic rings. The number of hydrogen-bond donors (Lipinski definition) is 5. The lowest BCUT2D eigenvalue weighted by molar-refractivity contribution is 0.0204. The number of esters is 1. The number of cyclic esters (lactones) is 1. The van der Waals surface area contributed by atoms with Crippen LogP contribution in [0.15, 0.2) is 41.0 Å². The highest BCUT2D eigenvalue weighted by Crippen LogP contribution is 2.30. The van der Waals surface area contributed by atoms with Gasteiger partial charge in [-0.25, -0.2) is 4.79 Å². The topological polar surface area (TPSA) is 116 Å². The van der Waals surface area contributed by atoms with E-state index in [1.54, 1.807) is 6.92 Å². The van der Waals surface area contributed by atoms with Gasteiger partial charge in [0.2, 0.25) is 0 Å². The molecule has 0 amide bonds. The maximum atomic E-state index is 12.5. The van der Waals surface area contributed by atoms with Crippen molar-refractivity contribution < 1.29 is 34.7 Å². The zero-order valence-electron chi connectivity index (χ0n) is 14.9. The number of carbonyl (C=O) groups excluding carboxylic acids is 1.